The molecule has 0 saturated heterocycles. The lowest BCUT2D eigenvalue weighted by Crippen LogP contribution is -2.23. The summed E-state index contributed by atoms with van der Waals surface area (Å²) in [5, 5.41) is 11.4. The van der Waals surface area contributed by atoms with E-state index in [4.69, 9.17) is 0 Å². The molecule has 156 valence electrons. The summed E-state index contributed by atoms with van der Waals surface area (Å²) >= 11 is 1.28. The van der Waals surface area contributed by atoms with Crippen LogP contribution in [-0.2, 0) is 11.8 Å². The highest BCUT2D eigenvalue weighted by Crippen LogP contribution is 2.30. The fraction of sp³-hybridized carbons (Fsp3) is 0.125. The van der Waals surface area contributed by atoms with Crippen molar-refractivity contribution in [3.05, 3.63) is 84.7 Å². The van der Waals surface area contributed by atoms with Gasteiger partial charge in [-0.3, -0.25) is 4.79 Å². The number of anilines is 1. The van der Waals surface area contributed by atoms with Crippen molar-refractivity contribution >= 4 is 23.4 Å². The number of carbonyl (C=O) groups is 1. The Kier molecular flexibility index (Phi) is 6.13. The van der Waals surface area contributed by atoms with Gasteiger partial charge in [-0.1, -0.05) is 72.4 Å². The number of halogens is 1. The predicted octanol–water partition coefficient (Wildman–Crippen LogP) is 5.41. The number of benzene rings is 3. The van der Waals surface area contributed by atoms with E-state index in [0.29, 0.717) is 16.5 Å². The molecule has 4 aromatic rings. The monoisotopic (exact) mass is 432 g/mol. The van der Waals surface area contributed by atoms with Gasteiger partial charge in [0.1, 0.15) is 5.82 Å². The number of rotatable bonds is 6. The van der Waals surface area contributed by atoms with Crippen molar-refractivity contribution in [1.82, 2.24) is 14.8 Å². The lowest BCUT2D eigenvalue weighted by atomic mass is 10.0. The standard InChI is InChI=1S/C24H21FN4OS/c1-16(31-24-28-27-22(29(24)2)19-13-6-8-14-20(19)25)23(30)26-21-15-9-7-12-18(21)17-10-4-3-5-11-17/h3-16H,1-2H3,(H,26,30). The van der Waals surface area contributed by atoms with Crippen LogP contribution in [0.3, 0.4) is 0 Å². The number of nitrogens with one attached hydrogen (secondary N) is 1. The summed E-state index contributed by atoms with van der Waals surface area (Å²) in [6.45, 7) is 1.81. The highest BCUT2D eigenvalue weighted by molar-refractivity contribution is 8.00. The minimum absolute atomic E-state index is 0.149. The van der Waals surface area contributed by atoms with Crippen molar-refractivity contribution in [3.63, 3.8) is 0 Å². The van der Waals surface area contributed by atoms with Crippen LogP contribution >= 0.6 is 11.8 Å². The third-order valence-electron chi connectivity index (χ3n) is 4.87. The predicted molar refractivity (Wildman–Crippen MR) is 122 cm³/mol. The number of hydrogen-bond acceptors (Lipinski definition) is 4. The SMILES string of the molecule is CC(Sc1nnc(-c2ccccc2F)n1C)C(=O)Nc1ccccc1-c1ccccc1. The van der Waals surface area contributed by atoms with E-state index in [0.717, 1.165) is 16.8 Å². The maximum Gasteiger partial charge on any atom is 0.237 e. The third kappa shape index (κ3) is 4.51. The van der Waals surface area contributed by atoms with Gasteiger partial charge in [-0.2, -0.15) is 0 Å². The maximum absolute atomic E-state index is 14.1. The summed E-state index contributed by atoms with van der Waals surface area (Å²) in [4.78, 5) is 12.9. The number of aromatic nitrogens is 3. The van der Waals surface area contributed by atoms with Crippen LogP contribution in [-0.4, -0.2) is 25.9 Å². The molecule has 3 aromatic carbocycles. The molecule has 0 saturated carbocycles. The molecule has 0 fully saturated rings. The van der Waals surface area contributed by atoms with E-state index in [2.05, 4.69) is 15.5 Å². The summed E-state index contributed by atoms with van der Waals surface area (Å²) in [6.07, 6.45) is 0. The van der Waals surface area contributed by atoms with Crippen LogP contribution in [0.5, 0.6) is 0 Å². The molecule has 1 unspecified atom stereocenters. The van der Waals surface area contributed by atoms with E-state index >= 15 is 0 Å². The van der Waals surface area contributed by atoms with Gasteiger partial charge in [-0.25, -0.2) is 4.39 Å². The van der Waals surface area contributed by atoms with E-state index in [9.17, 15) is 9.18 Å². The minimum atomic E-state index is -0.430. The van der Waals surface area contributed by atoms with Crippen LogP contribution in [0.25, 0.3) is 22.5 Å². The fourth-order valence-electron chi connectivity index (χ4n) is 3.20. The Balaban J connectivity index is 1.51. The molecule has 0 bridgehead atoms. The first kappa shape index (κ1) is 20.8. The zero-order chi connectivity index (χ0) is 21.8. The number of para-hydroxylation sites is 1. The zero-order valence-electron chi connectivity index (χ0n) is 17.1. The number of carbonyl (C=O) groups excluding carboxylic acids is 1. The molecule has 7 heteroatoms. The van der Waals surface area contributed by atoms with Gasteiger partial charge in [0.25, 0.3) is 0 Å². The largest absolute Gasteiger partial charge is 0.325 e. The van der Waals surface area contributed by atoms with Crippen molar-refractivity contribution in [3.8, 4) is 22.5 Å². The lowest BCUT2D eigenvalue weighted by molar-refractivity contribution is -0.115. The van der Waals surface area contributed by atoms with Crippen LogP contribution in [0.15, 0.2) is 84.0 Å². The van der Waals surface area contributed by atoms with Gasteiger partial charge in [0.2, 0.25) is 5.91 Å². The molecule has 1 heterocycles. The Bertz CT molecular complexity index is 1210. The molecule has 0 aliphatic carbocycles. The second-order valence-electron chi connectivity index (χ2n) is 7.01. The Morgan fingerprint density at radius 3 is 2.32 bits per heavy atom. The van der Waals surface area contributed by atoms with Crippen molar-refractivity contribution in [2.24, 2.45) is 7.05 Å². The van der Waals surface area contributed by atoms with Crippen LogP contribution in [0.1, 0.15) is 6.92 Å². The van der Waals surface area contributed by atoms with Crippen LogP contribution in [0.2, 0.25) is 0 Å². The molecule has 1 N–H and O–H groups in total. The van der Waals surface area contributed by atoms with Crippen molar-refractivity contribution < 1.29 is 9.18 Å². The van der Waals surface area contributed by atoms with Gasteiger partial charge in [-0.05, 0) is 30.7 Å². The first-order chi connectivity index (χ1) is 15.0. The van der Waals surface area contributed by atoms with Crippen molar-refractivity contribution in [2.75, 3.05) is 5.32 Å². The van der Waals surface area contributed by atoms with E-state index < -0.39 is 5.25 Å². The normalized spacial score (nSPS) is 11.8. The number of nitrogens with zero attached hydrogens (tertiary/aromatic N) is 3. The van der Waals surface area contributed by atoms with Crippen LogP contribution in [0.4, 0.5) is 10.1 Å². The second-order valence-corrected chi connectivity index (χ2v) is 8.31. The molecular weight excluding hydrogens is 411 g/mol. The molecule has 1 amide bonds. The quantitative estimate of drug-likeness (QED) is 0.414. The van der Waals surface area contributed by atoms with Crippen molar-refractivity contribution in [2.45, 2.75) is 17.3 Å². The first-order valence-corrected chi connectivity index (χ1v) is 10.7. The van der Waals surface area contributed by atoms with Gasteiger partial charge >= 0.3 is 0 Å². The van der Waals surface area contributed by atoms with E-state index in [1.54, 1.807) is 29.8 Å². The molecule has 0 radical (unpaired) electrons. The van der Waals surface area contributed by atoms with Gasteiger partial charge in [0.15, 0.2) is 11.0 Å². The molecule has 1 atom stereocenters. The minimum Gasteiger partial charge on any atom is -0.325 e. The Hall–Kier alpha value is -3.45. The van der Waals surface area contributed by atoms with E-state index in [1.807, 2.05) is 61.5 Å². The number of thioether (sulfide) groups is 1. The fourth-order valence-corrected chi connectivity index (χ4v) is 4.02. The van der Waals surface area contributed by atoms with E-state index in [-0.39, 0.29) is 11.7 Å². The van der Waals surface area contributed by atoms with Gasteiger partial charge in [0.05, 0.1) is 10.8 Å². The molecular formula is C24H21FN4OS. The second kappa shape index (κ2) is 9.14. The average molecular weight is 433 g/mol. The smallest absolute Gasteiger partial charge is 0.237 e. The van der Waals surface area contributed by atoms with Gasteiger partial charge < -0.3 is 9.88 Å². The lowest BCUT2D eigenvalue weighted by Gasteiger charge is -2.15. The molecule has 4 rings (SSSR count). The summed E-state index contributed by atoms with van der Waals surface area (Å²) in [6, 6.07) is 24.0. The number of amides is 1. The van der Waals surface area contributed by atoms with Crippen molar-refractivity contribution in [1.29, 1.82) is 0 Å². The maximum atomic E-state index is 14.1. The molecule has 1 aromatic heterocycles. The van der Waals surface area contributed by atoms with Gasteiger partial charge in [0, 0.05) is 18.3 Å². The Morgan fingerprint density at radius 1 is 0.935 bits per heavy atom. The van der Waals surface area contributed by atoms with E-state index in [1.165, 1.54) is 17.8 Å². The summed E-state index contributed by atoms with van der Waals surface area (Å²) < 4.78 is 15.8. The third-order valence-corrected chi connectivity index (χ3v) is 6.00. The summed E-state index contributed by atoms with van der Waals surface area (Å²) in [7, 11) is 1.76. The van der Waals surface area contributed by atoms with Gasteiger partial charge in [-0.15, -0.1) is 10.2 Å². The molecule has 0 aliphatic heterocycles. The topological polar surface area (TPSA) is 59.8 Å². The summed E-state index contributed by atoms with van der Waals surface area (Å²) in [5.74, 6) is -0.0932. The zero-order valence-corrected chi connectivity index (χ0v) is 17.9. The highest BCUT2D eigenvalue weighted by Gasteiger charge is 2.21. The summed E-state index contributed by atoms with van der Waals surface area (Å²) in [5.41, 5.74) is 3.10. The number of hydrogen-bond donors (Lipinski definition) is 1. The average Bonchev–Trinajstić information content (AvgIpc) is 3.15. The Morgan fingerprint density at radius 2 is 1.58 bits per heavy atom. The molecule has 0 aliphatic rings. The molecule has 0 spiro atoms. The van der Waals surface area contributed by atoms with Crippen LogP contribution < -0.4 is 5.32 Å². The van der Waals surface area contributed by atoms with Crippen LogP contribution in [0, 0.1) is 5.82 Å². The highest BCUT2D eigenvalue weighted by atomic mass is 32.2. The molecule has 5 nitrogen and oxygen atoms in total. The Labute approximate surface area is 184 Å². The first-order valence-electron chi connectivity index (χ1n) is 9.81. The molecule has 31 heavy (non-hydrogen) atoms.